The molecule has 1 saturated heterocycles. The van der Waals surface area contributed by atoms with E-state index in [9.17, 15) is 18.0 Å². The fourth-order valence-electron chi connectivity index (χ4n) is 3.40. The third-order valence-corrected chi connectivity index (χ3v) is 6.09. The van der Waals surface area contributed by atoms with E-state index in [1.54, 1.807) is 6.92 Å². The van der Waals surface area contributed by atoms with Crippen LogP contribution in [0.2, 0.25) is 0 Å². The van der Waals surface area contributed by atoms with Gasteiger partial charge in [-0.15, -0.1) is 6.42 Å². The minimum Gasteiger partial charge on any atom is -0.455 e. The second kappa shape index (κ2) is 10.1. The summed E-state index contributed by atoms with van der Waals surface area (Å²) in [5.41, 5.74) is 0.639. The summed E-state index contributed by atoms with van der Waals surface area (Å²) in [4.78, 5) is 35.9. The highest BCUT2D eigenvalue weighted by atomic mass is 32.2. The standard InChI is InChI=1S/C19H24N6O7S/c1-5-13-15(30-11(3)26)16(31-12(4)27)19(32-13)25-10-23-14-17(21-9-22-18(14)25)20-7-8-33(28,29)24-6-2/h1,9-10,13,15-16,19,24H,6-8H2,2-4H3,(H,20,21,22). The molecule has 1 aliphatic rings. The number of nitrogens with one attached hydrogen (secondary N) is 2. The van der Waals surface area contributed by atoms with E-state index >= 15 is 0 Å². The Labute approximate surface area is 190 Å². The first-order chi connectivity index (χ1) is 15.7. The molecule has 3 heterocycles. The van der Waals surface area contributed by atoms with Crippen molar-refractivity contribution in [2.24, 2.45) is 0 Å². The first kappa shape index (κ1) is 24.4. The van der Waals surface area contributed by atoms with E-state index in [0.29, 0.717) is 23.5 Å². The second-order valence-electron chi connectivity index (χ2n) is 7.05. The summed E-state index contributed by atoms with van der Waals surface area (Å²) in [5.74, 6) is 1.30. The van der Waals surface area contributed by atoms with Crippen molar-refractivity contribution in [1.82, 2.24) is 24.2 Å². The van der Waals surface area contributed by atoms with Gasteiger partial charge in [0.1, 0.15) is 6.33 Å². The number of imidazole rings is 1. The van der Waals surface area contributed by atoms with Crippen molar-refractivity contribution in [2.45, 2.75) is 45.3 Å². The van der Waals surface area contributed by atoms with Crippen molar-refractivity contribution in [1.29, 1.82) is 0 Å². The Morgan fingerprint density at radius 2 is 1.91 bits per heavy atom. The Kier molecular flexibility index (Phi) is 7.46. The average Bonchev–Trinajstić information content (AvgIpc) is 3.29. The van der Waals surface area contributed by atoms with Crippen LogP contribution in [-0.2, 0) is 33.8 Å². The van der Waals surface area contributed by atoms with E-state index in [1.165, 1.54) is 31.1 Å². The molecule has 0 bridgehead atoms. The molecule has 14 heteroatoms. The van der Waals surface area contributed by atoms with Crippen LogP contribution >= 0.6 is 0 Å². The van der Waals surface area contributed by atoms with Gasteiger partial charge in [0.15, 0.2) is 41.5 Å². The van der Waals surface area contributed by atoms with Gasteiger partial charge in [-0.1, -0.05) is 12.8 Å². The van der Waals surface area contributed by atoms with Crippen molar-refractivity contribution >= 4 is 38.9 Å². The second-order valence-corrected chi connectivity index (χ2v) is 8.98. The third-order valence-electron chi connectivity index (χ3n) is 4.62. The molecule has 13 nitrogen and oxygen atoms in total. The number of hydrogen-bond donors (Lipinski definition) is 2. The molecular formula is C19H24N6O7S. The topological polar surface area (TPSA) is 164 Å². The predicted molar refractivity (Wildman–Crippen MR) is 115 cm³/mol. The maximum atomic E-state index is 11.8. The molecule has 0 aromatic carbocycles. The first-order valence-corrected chi connectivity index (χ1v) is 11.7. The molecule has 4 unspecified atom stereocenters. The summed E-state index contributed by atoms with van der Waals surface area (Å²) in [5, 5.41) is 2.93. The van der Waals surface area contributed by atoms with Crippen molar-refractivity contribution in [2.75, 3.05) is 24.2 Å². The quantitative estimate of drug-likeness (QED) is 0.353. The van der Waals surface area contributed by atoms with Crippen LogP contribution in [0.3, 0.4) is 0 Å². The first-order valence-electron chi connectivity index (χ1n) is 10.0. The highest BCUT2D eigenvalue weighted by Crippen LogP contribution is 2.35. The molecule has 0 spiro atoms. The summed E-state index contributed by atoms with van der Waals surface area (Å²) in [6.45, 7) is 4.49. The van der Waals surface area contributed by atoms with Crippen LogP contribution in [0, 0.1) is 12.3 Å². The number of anilines is 1. The molecule has 178 valence electrons. The Hall–Kier alpha value is -3.28. The molecule has 0 saturated carbocycles. The summed E-state index contributed by atoms with van der Waals surface area (Å²) in [7, 11) is -3.42. The number of esters is 2. The van der Waals surface area contributed by atoms with Crippen molar-refractivity contribution in [3.63, 3.8) is 0 Å². The van der Waals surface area contributed by atoms with Gasteiger partial charge in [-0.2, -0.15) is 0 Å². The van der Waals surface area contributed by atoms with Gasteiger partial charge in [0, 0.05) is 26.9 Å². The van der Waals surface area contributed by atoms with E-state index in [-0.39, 0.29) is 12.3 Å². The van der Waals surface area contributed by atoms with Gasteiger partial charge in [0.2, 0.25) is 10.0 Å². The predicted octanol–water partition coefficient (Wildman–Crippen LogP) is -0.428. The summed E-state index contributed by atoms with van der Waals surface area (Å²) in [6, 6.07) is 0. The number of nitrogens with zero attached hydrogens (tertiary/aromatic N) is 4. The van der Waals surface area contributed by atoms with Crippen LogP contribution in [0.1, 0.15) is 27.0 Å². The lowest BCUT2D eigenvalue weighted by molar-refractivity contribution is -0.165. The zero-order chi connectivity index (χ0) is 24.2. The van der Waals surface area contributed by atoms with Gasteiger partial charge in [-0.3, -0.25) is 14.2 Å². The van der Waals surface area contributed by atoms with Gasteiger partial charge in [-0.05, 0) is 0 Å². The molecule has 33 heavy (non-hydrogen) atoms. The van der Waals surface area contributed by atoms with E-state index in [4.69, 9.17) is 20.6 Å². The zero-order valence-electron chi connectivity index (χ0n) is 18.2. The van der Waals surface area contributed by atoms with Gasteiger partial charge in [0.05, 0.1) is 12.1 Å². The van der Waals surface area contributed by atoms with Crippen LogP contribution in [0.25, 0.3) is 11.2 Å². The number of hydrogen-bond acceptors (Lipinski definition) is 11. The Morgan fingerprint density at radius 1 is 1.21 bits per heavy atom. The number of fused-ring (bicyclic) bond motifs is 1. The van der Waals surface area contributed by atoms with Gasteiger partial charge < -0.3 is 19.5 Å². The summed E-state index contributed by atoms with van der Waals surface area (Å²) < 4.78 is 44.1. The SMILES string of the molecule is C#CC1OC(n2cnc3c(NCCS(=O)(=O)NCC)ncnc32)C(OC(C)=O)C1OC(C)=O. The molecule has 0 aliphatic carbocycles. The van der Waals surface area contributed by atoms with Crippen molar-refractivity contribution in [3.05, 3.63) is 12.7 Å². The maximum Gasteiger partial charge on any atom is 0.303 e. The minimum atomic E-state index is -3.42. The number of carbonyl (C=O) groups is 2. The Morgan fingerprint density at radius 3 is 2.55 bits per heavy atom. The van der Waals surface area contributed by atoms with E-state index in [2.05, 4.69) is 30.9 Å². The van der Waals surface area contributed by atoms with E-state index in [0.717, 1.165) is 0 Å². The van der Waals surface area contributed by atoms with Crippen molar-refractivity contribution in [3.8, 4) is 12.3 Å². The number of ether oxygens (including phenoxy) is 3. The molecule has 2 aromatic rings. The molecule has 3 rings (SSSR count). The smallest absolute Gasteiger partial charge is 0.303 e. The number of sulfonamides is 1. The van der Waals surface area contributed by atoms with Crippen LogP contribution in [0.4, 0.5) is 5.82 Å². The highest BCUT2D eigenvalue weighted by molar-refractivity contribution is 7.89. The number of carbonyl (C=O) groups excluding carboxylic acids is 2. The normalized spacial score (nSPS) is 22.6. The van der Waals surface area contributed by atoms with Crippen LogP contribution in [0.5, 0.6) is 0 Å². The van der Waals surface area contributed by atoms with Crippen LogP contribution < -0.4 is 10.0 Å². The third kappa shape index (κ3) is 5.56. The summed E-state index contributed by atoms with van der Waals surface area (Å²) in [6.07, 6.45) is 4.14. The van der Waals surface area contributed by atoms with E-state index < -0.39 is 46.5 Å². The highest BCUT2D eigenvalue weighted by Gasteiger charge is 2.50. The van der Waals surface area contributed by atoms with Crippen LogP contribution in [0.15, 0.2) is 12.7 Å². The lowest BCUT2D eigenvalue weighted by atomic mass is 10.1. The van der Waals surface area contributed by atoms with Gasteiger partial charge in [0.25, 0.3) is 0 Å². The maximum absolute atomic E-state index is 11.8. The Bertz CT molecular complexity index is 1170. The molecular weight excluding hydrogens is 456 g/mol. The largest absolute Gasteiger partial charge is 0.455 e. The number of aromatic nitrogens is 4. The fourth-order valence-corrected chi connectivity index (χ4v) is 4.35. The molecule has 1 aliphatic heterocycles. The molecule has 4 atom stereocenters. The van der Waals surface area contributed by atoms with Gasteiger partial charge in [-0.25, -0.2) is 28.1 Å². The Balaban J connectivity index is 1.90. The van der Waals surface area contributed by atoms with Crippen LogP contribution in [-0.4, -0.2) is 77.0 Å². The molecule has 2 aromatic heterocycles. The lowest BCUT2D eigenvalue weighted by Crippen LogP contribution is -2.38. The monoisotopic (exact) mass is 480 g/mol. The molecule has 0 radical (unpaired) electrons. The zero-order valence-corrected chi connectivity index (χ0v) is 19.0. The van der Waals surface area contributed by atoms with Gasteiger partial charge >= 0.3 is 11.9 Å². The molecule has 1 fully saturated rings. The fraction of sp³-hybridized carbons (Fsp3) is 0.526. The average molecular weight is 481 g/mol. The number of rotatable bonds is 9. The van der Waals surface area contributed by atoms with E-state index in [1.807, 2.05) is 0 Å². The van der Waals surface area contributed by atoms with Crippen molar-refractivity contribution < 1.29 is 32.2 Å². The molecule has 2 N–H and O–H groups in total. The molecule has 0 amide bonds. The summed E-state index contributed by atoms with van der Waals surface area (Å²) >= 11 is 0. The lowest BCUT2D eigenvalue weighted by Gasteiger charge is -2.23. The number of terminal acetylenes is 1. The minimum absolute atomic E-state index is 0.0814.